The van der Waals surface area contributed by atoms with Gasteiger partial charge in [0.25, 0.3) is 0 Å². The number of hydrogen-bond donors (Lipinski definition) is 2. The second kappa shape index (κ2) is 6.00. The number of aliphatic carboxylic acids is 1. The van der Waals surface area contributed by atoms with E-state index in [-0.39, 0.29) is 12.3 Å². The maximum Gasteiger partial charge on any atom is 0.323 e. The maximum atomic E-state index is 11.2. The summed E-state index contributed by atoms with van der Waals surface area (Å²) in [5.41, 5.74) is 6.70. The number of ketones is 1. The zero-order chi connectivity index (χ0) is 12.8. The van der Waals surface area contributed by atoms with Crippen LogP contribution < -0.4 is 10.6 Å². The zero-order valence-electron chi connectivity index (χ0n) is 9.72. The normalized spacial score (nSPS) is 10.0. The van der Waals surface area contributed by atoms with Gasteiger partial charge in [-0.3, -0.25) is 9.59 Å². The van der Waals surface area contributed by atoms with Crippen LogP contribution in [-0.2, 0) is 4.79 Å². The van der Waals surface area contributed by atoms with Crippen molar-refractivity contribution in [2.45, 2.75) is 6.92 Å². The molecule has 0 fully saturated rings. The number of benzene rings is 1. The van der Waals surface area contributed by atoms with Gasteiger partial charge >= 0.3 is 5.97 Å². The second-order valence-corrected chi connectivity index (χ2v) is 3.71. The van der Waals surface area contributed by atoms with Crippen molar-refractivity contribution in [2.75, 3.05) is 24.5 Å². The van der Waals surface area contributed by atoms with Crippen LogP contribution in [0.15, 0.2) is 24.3 Å². The fourth-order valence-corrected chi connectivity index (χ4v) is 1.54. The number of anilines is 1. The summed E-state index contributed by atoms with van der Waals surface area (Å²) >= 11 is 0. The molecule has 0 spiro atoms. The summed E-state index contributed by atoms with van der Waals surface area (Å²) in [6.07, 6.45) is 0. The summed E-state index contributed by atoms with van der Waals surface area (Å²) in [7, 11) is 0. The van der Waals surface area contributed by atoms with Crippen molar-refractivity contribution in [1.29, 1.82) is 0 Å². The molecule has 0 heterocycles. The number of Topliss-reactive ketones (excluding diaryl/α,β-unsaturated/α-hetero) is 1. The summed E-state index contributed by atoms with van der Waals surface area (Å²) in [5, 5.41) is 8.80. The minimum atomic E-state index is -0.924. The van der Waals surface area contributed by atoms with Crippen LogP contribution in [0.3, 0.4) is 0 Å². The van der Waals surface area contributed by atoms with Crippen LogP contribution in [0.5, 0.6) is 0 Å². The van der Waals surface area contributed by atoms with Crippen LogP contribution in [0.4, 0.5) is 5.69 Å². The monoisotopic (exact) mass is 236 g/mol. The van der Waals surface area contributed by atoms with Crippen molar-refractivity contribution in [3.05, 3.63) is 29.8 Å². The highest BCUT2D eigenvalue weighted by atomic mass is 16.4. The zero-order valence-corrected chi connectivity index (χ0v) is 9.72. The van der Waals surface area contributed by atoms with Crippen LogP contribution in [0, 0.1) is 0 Å². The molecule has 0 amide bonds. The molecule has 0 bridgehead atoms. The van der Waals surface area contributed by atoms with Gasteiger partial charge in [-0.05, 0) is 19.1 Å². The topological polar surface area (TPSA) is 83.6 Å². The largest absolute Gasteiger partial charge is 0.480 e. The van der Waals surface area contributed by atoms with E-state index in [0.29, 0.717) is 24.3 Å². The second-order valence-electron chi connectivity index (χ2n) is 3.71. The minimum Gasteiger partial charge on any atom is -0.480 e. The lowest BCUT2D eigenvalue weighted by molar-refractivity contribution is -0.135. The van der Waals surface area contributed by atoms with E-state index in [4.69, 9.17) is 10.8 Å². The fraction of sp³-hybridized carbons (Fsp3) is 0.333. The lowest BCUT2D eigenvalue weighted by Crippen LogP contribution is -2.34. The molecule has 3 N–H and O–H groups in total. The molecule has 5 nitrogen and oxygen atoms in total. The summed E-state index contributed by atoms with van der Waals surface area (Å²) in [6.45, 7) is 2.15. The van der Waals surface area contributed by atoms with Crippen LogP contribution in [0.1, 0.15) is 17.3 Å². The average molecular weight is 236 g/mol. The number of nitrogens with zero attached hydrogens (tertiary/aromatic N) is 1. The molecule has 1 aromatic rings. The first-order valence-corrected chi connectivity index (χ1v) is 5.32. The van der Waals surface area contributed by atoms with Gasteiger partial charge in [0, 0.05) is 24.3 Å². The molecule has 0 aliphatic carbocycles. The SMILES string of the molecule is CC(=O)c1cccc(N(CCN)CC(=O)O)c1. The van der Waals surface area contributed by atoms with Gasteiger partial charge in [-0.15, -0.1) is 0 Å². The highest BCUT2D eigenvalue weighted by Crippen LogP contribution is 2.16. The lowest BCUT2D eigenvalue weighted by atomic mass is 10.1. The third-order valence-electron chi connectivity index (χ3n) is 2.34. The van der Waals surface area contributed by atoms with E-state index in [0.717, 1.165) is 0 Å². The van der Waals surface area contributed by atoms with Crippen molar-refractivity contribution in [3.63, 3.8) is 0 Å². The quantitative estimate of drug-likeness (QED) is 0.712. The first kappa shape index (κ1) is 13.2. The highest BCUT2D eigenvalue weighted by molar-refractivity contribution is 5.95. The summed E-state index contributed by atoms with van der Waals surface area (Å²) < 4.78 is 0. The molecule has 0 aromatic heterocycles. The molecule has 92 valence electrons. The average Bonchev–Trinajstić information content (AvgIpc) is 2.28. The van der Waals surface area contributed by atoms with Crippen LogP contribution in [-0.4, -0.2) is 36.5 Å². The van der Waals surface area contributed by atoms with Gasteiger partial charge in [-0.1, -0.05) is 12.1 Å². The predicted octanol–water partition coefficient (Wildman–Crippen LogP) is 0.739. The van der Waals surface area contributed by atoms with Crippen molar-refractivity contribution in [1.82, 2.24) is 0 Å². The first-order valence-electron chi connectivity index (χ1n) is 5.32. The fourth-order valence-electron chi connectivity index (χ4n) is 1.54. The molecule has 0 aliphatic rings. The molecular formula is C12H16N2O3. The van der Waals surface area contributed by atoms with Crippen molar-refractivity contribution in [2.24, 2.45) is 5.73 Å². The molecule has 0 saturated heterocycles. The van der Waals surface area contributed by atoms with Crippen molar-refractivity contribution < 1.29 is 14.7 Å². The Labute approximate surface area is 99.8 Å². The van der Waals surface area contributed by atoms with Crippen molar-refractivity contribution in [3.8, 4) is 0 Å². The van der Waals surface area contributed by atoms with Gasteiger partial charge in [-0.2, -0.15) is 0 Å². The number of carbonyl (C=O) groups is 2. The maximum absolute atomic E-state index is 11.2. The number of carboxylic acids is 1. The Kier molecular flexibility index (Phi) is 4.66. The predicted molar refractivity (Wildman–Crippen MR) is 65.3 cm³/mol. The Balaban J connectivity index is 2.96. The van der Waals surface area contributed by atoms with E-state index in [9.17, 15) is 9.59 Å². The summed E-state index contributed by atoms with van der Waals surface area (Å²) in [4.78, 5) is 23.6. The highest BCUT2D eigenvalue weighted by Gasteiger charge is 2.11. The van der Waals surface area contributed by atoms with Gasteiger partial charge in [0.15, 0.2) is 5.78 Å². The number of carboxylic acid groups (broad SMARTS) is 1. The molecule has 0 unspecified atom stereocenters. The van der Waals surface area contributed by atoms with E-state index in [1.54, 1.807) is 29.2 Å². The summed E-state index contributed by atoms with van der Waals surface area (Å²) in [5.74, 6) is -0.971. The van der Waals surface area contributed by atoms with Crippen LogP contribution in [0.25, 0.3) is 0 Å². The van der Waals surface area contributed by atoms with Gasteiger partial charge < -0.3 is 15.7 Å². The third kappa shape index (κ3) is 3.88. The molecule has 1 aromatic carbocycles. The Morgan fingerprint density at radius 1 is 1.41 bits per heavy atom. The lowest BCUT2D eigenvalue weighted by Gasteiger charge is -2.22. The molecule has 1 rings (SSSR count). The van der Waals surface area contributed by atoms with Gasteiger partial charge in [0.2, 0.25) is 0 Å². The molecule has 0 atom stereocenters. The van der Waals surface area contributed by atoms with Gasteiger partial charge in [0.05, 0.1) is 0 Å². The van der Waals surface area contributed by atoms with E-state index in [1.165, 1.54) is 6.92 Å². The first-order chi connectivity index (χ1) is 8.04. The molecule has 0 aliphatic heterocycles. The number of carbonyl (C=O) groups excluding carboxylic acids is 1. The number of hydrogen-bond acceptors (Lipinski definition) is 4. The van der Waals surface area contributed by atoms with Gasteiger partial charge in [-0.25, -0.2) is 0 Å². The van der Waals surface area contributed by atoms with E-state index < -0.39 is 5.97 Å². The van der Waals surface area contributed by atoms with Crippen molar-refractivity contribution >= 4 is 17.4 Å². The van der Waals surface area contributed by atoms with E-state index in [1.807, 2.05) is 0 Å². The molecule has 0 radical (unpaired) electrons. The number of rotatable bonds is 6. The Hall–Kier alpha value is -1.88. The molecule has 0 saturated carbocycles. The smallest absolute Gasteiger partial charge is 0.323 e. The Morgan fingerprint density at radius 2 is 2.12 bits per heavy atom. The Morgan fingerprint density at radius 3 is 2.65 bits per heavy atom. The minimum absolute atomic E-state index is 0.0464. The van der Waals surface area contributed by atoms with E-state index >= 15 is 0 Å². The third-order valence-corrected chi connectivity index (χ3v) is 2.34. The van der Waals surface area contributed by atoms with Crippen LogP contribution in [0.2, 0.25) is 0 Å². The Bertz CT molecular complexity index is 418. The van der Waals surface area contributed by atoms with Crippen LogP contribution >= 0.6 is 0 Å². The van der Waals surface area contributed by atoms with Gasteiger partial charge in [0.1, 0.15) is 6.54 Å². The number of nitrogens with two attached hydrogens (primary N) is 1. The molecule has 5 heteroatoms. The summed E-state index contributed by atoms with van der Waals surface area (Å²) in [6, 6.07) is 6.89. The van der Waals surface area contributed by atoms with E-state index in [2.05, 4.69) is 0 Å². The molecular weight excluding hydrogens is 220 g/mol. The standard InChI is InChI=1S/C12H16N2O3/c1-9(15)10-3-2-4-11(7-10)14(6-5-13)8-12(16)17/h2-4,7H,5-6,8,13H2,1H3,(H,16,17). The molecule has 17 heavy (non-hydrogen) atoms.